The van der Waals surface area contributed by atoms with Crippen molar-refractivity contribution in [2.75, 3.05) is 6.61 Å². The second-order valence-corrected chi connectivity index (χ2v) is 7.58. The van der Waals surface area contributed by atoms with Gasteiger partial charge in [0.1, 0.15) is 0 Å². The van der Waals surface area contributed by atoms with Crippen LogP contribution in [-0.4, -0.2) is 11.7 Å². The SMILES string of the molecule is OCCC12CC3CC(C1)CC(c1ccccc1)(C3)C2. The Balaban J connectivity index is 1.74. The highest BCUT2D eigenvalue weighted by molar-refractivity contribution is 5.30. The molecule has 0 heterocycles. The fourth-order valence-electron chi connectivity index (χ4n) is 6.11. The highest BCUT2D eigenvalue weighted by atomic mass is 16.3. The maximum Gasteiger partial charge on any atom is 0.0436 e. The van der Waals surface area contributed by atoms with Crippen LogP contribution in [0.4, 0.5) is 0 Å². The first-order chi connectivity index (χ1) is 9.24. The highest BCUT2D eigenvalue weighted by Crippen LogP contribution is 2.66. The zero-order valence-electron chi connectivity index (χ0n) is 11.6. The van der Waals surface area contributed by atoms with Gasteiger partial charge in [-0.3, -0.25) is 0 Å². The minimum absolute atomic E-state index is 0.379. The second-order valence-electron chi connectivity index (χ2n) is 7.58. The summed E-state index contributed by atoms with van der Waals surface area (Å²) in [6.45, 7) is 0.379. The topological polar surface area (TPSA) is 20.2 Å². The summed E-state index contributed by atoms with van der Waals surface area (Å²) in [5.74, 6) is 1.85. The number of hydrogen-bond donors (Lipinski definition) is 1. The van der Waals surface area contributed by atoms with E-state index in [1.54, 1.807) is 5.56 Å². The molecule has 0 radical (unpaired) electrons. The van der Waals surface area contributed by atoms with Gasteiger partial charge in [-0.1, -0.05) is 30.3 Å². The summed E-state index contributed by atoms with van der Waals surface area (Å²) in [5.41, 5.74) is 2.49. The predicted molar refractivity (Wildman–Crippen MR) is 76.9 cm³/mol. The minimum Gasteiger partial charge on any atom is -0.396 e. The van der Waals surface area contributed by atoms with E-state index < -0.39 is 0 Å². The lowest BCUT2D eigenvalue weighted by atomic mass is 9.42. The van der Waals surface area contributed by atoms with E-state index in [2.05, 4.69) is 30.3 Å². The Kier molecular flexibility index (Phi) is 2.57. The summed E-state index contributed by atoms with van der Waals surface area (Å²) in [4.78, 5) is 0. The second kappa shape index (κ2) is 4.09. The molecule has 0 amide bonds. The van der Waals surface area contributed by atoms with Crippen LogP contribution >= 0.6 is 0 Å². The molecule has 1 heteroatoms. The molecule has 0 aliphatic heterocycles. The predicted octanol–water partition coefficient (Wildman–Crippen LogP) is 3.91. The Hall–Kier alpha value is -0.820. The fourth-order valence-corrected chi connectivity index (χ4v) is 6.11. The van der Waals surface area contributed by atoms with Crippen molar-refractivity contribution in [3.63, 3.8) is 0 Å². The Labute approximate surface area is 116 Å². The summed E-state index contributed by atoms with van der Waals surface area (Å²) in [5, 5.41) is 9.48. The third kappa shape index (κ3) is 1.78. The zero-order valence-corrected chi connectivity index (χ0v) is 11.6. The zero-order chi connectivity index (χ0) is 12.9. The van der Waals surface area contributed by atoms with E-state index in [-0.39, 0.29) is 0 Å². The molecule has 102 valence electrons. The quantitative estimate of drug-likeness (QED) is 0.869. The van der Waals surface area contributed by atoms with Gasteiger partial charge in [0.15, 0.2) is 0 Å². The maximum absolute atomic E-state index is 9.48. The van der Waals surface area contributed by atoms with Crippen LogP contribution in [0.15, 0.2) is 30.3 Å². The van der Waals surface area contributed by atoms with Crippen molar-refractivity contribution in [3.8, 4) is 0 Å². The van der Waals surface area contributed by atoms with Crippen molar-refractivity contribution in [2.45, 2.75) is 50.4 Å². The van der Waals surface area contributed by atoms with Gasteiger partial charge in [-0.15, -0.1) is 0 Å². The Morgan fingerprint density at radius 1 is 1.00 bits per heavy atom. The van der Waals surface area contributed by atoms with Crippen LogP contribution in [0.5, 0.6) is 0 Å². The average Bonchev–Trinajstić information content (AvgIpc) is 2.38. The maximum atomic E-state index is 9.48. The van der Waals surface area contributed by atoms with Crippen molar-refractivity contribution >= 4 is 0 Å². The van der Waals surface area contributed by atoms with Gasteiger partial charge in [-0.05, 0) is 73.2 Å². The molecule has 0 aromatic heterocycles. The molecule has 2 atom stereocenters. The third-order valence-corrected chi connectivity index (χ3v) is 6.21. The van der Waals surface area contributed by atoms with E-state index in [1.807, 2.05) is 0 Å². The molecule has 0 spiro atoms. The van der Waals surface area contributed by atoms with Crippen LogP contribution in [0, 0.1) is 17.3 Å². The molecule has 4 aliphatic rings. The Bertz CT molecular complexity index is 450. The Morgan fingerprint density at radius 3 is 2.32 bits per heavy atom. The molecule has 1 N–H and O–H groups in total. The van der Waals surface area contributed by atoms with Gasteiger partial charge >= 0.3 is 0 Å². The molecule has 2 unspecified atom stereocenters. The van der Waals surface area contributed by atoms with Gasteiger partial charge in [0, 0.05) is 6.61 Å². The lowest BCUT2D eigenvalue weighted by Gasteiger charge is -2.62. The van der Waals surface area contributed by atoms with Gasteiger partial charge in [-0.25, -0.2) is 0 Å². The monoisotopic (exact) mass is 256 g/mol. The van der Waals surface area contributed by atoms with E-state index >= 15 is 0 Å². The van der Waals surface area contributed by atoms with Gasteiger partial charge in [0.25, 0.3) is 0 Å². The van der Waals surface area contributed by atoms with Crippen molar-refractivity contribution in [3.05, 3.63) is 35.9 Å². The number of benzene rings is 1. The van der Waals surface area contributed by atoms with Crippen molar-refractivity contribution in [1.29, 1.82) is 0 Å². The highest BCUT2D eigenvalue weighted by Gasteiger charge is 2.57. The van der Waals surface area contributed by atoms with Crippen molar-refractivity contribution in [2.24, 2.45) is 17.3 Å². The number of aliphatic hydroxyl groups is 1. The summed E-state index contributed by atoms with van der Waals surface area (Å²) >= 11 is 0. The smallest absolute Gasteiger partial charge is 0.0436 e. The van der Waals surface area contributed by atoms with Gasteiger partial charge in [0.2, 0.25) is 0 Å². The summed E-state index contributed by atoms with van der Waals surface area (Å²) in [6.07, 6.45) is 9.41. The first-order valence-electron chi connectivity index (χ1n) is 7.90. The lowest BCUT2D eigenvalue weighted by molar-refractivity contribution is -0.0816. The van der Waals surface area contributed by atoms with E-state index in [4.69, 9.17) is 0 Å². The van der Waals surface area contributed by atoms with Crippen LogP contribution in [0.25, 0.3) is 0 Å². The third-order valence-electron chi connectivity index (χ3n) is 6.21. The molecule has 1 nitrogen and oxygen atoms in total. The van der Waals surface area contributed by atoms with Gasteiger partial charge < -0.3 is 5.11 Å². The molecule has 5 rings (SSSR count). The van der Waals surface area contributed by atoms with Crippen LogP contribution in [-0.2, 0) is 5.41 Å². The molecule has 4 bridgehead atoms. The normalized spacial score (nSPS) is 43.6. The molecule has 0 saturated heterocycles. The molecule has 1 aromatic rings. The summed E-state index contributed by atoms with van der Waals surface area (Å²) in [6, 6.07) is 11.2. The standard InChI is InChI=1S/C18H24O/c19-7-6-17-9-14-8-15(10-17)12-18(11-14,13-17)16-4-2-1-3-5-16/h1-5,14-15,19H,6-13H2. The molecule has 4 fully saturated rings. The molecule has 19 heavy (non-hydrogen) atoms. The minimum atomic E-state index is 0.379. The van der Waals surface area contributed by atoms with Gasteiger partial charge in [-0.2, -0.15) is 0 Å². The molecule has 1 aromatic carbocycles. The first-order valence-corrected chi connectivity index (χ1v) is 7.90. The fraction of sp³-hybridized carbons (Fsp3) is 0.667. The van der Waals surface area contributed by atoms with Crippen LogP contribution in [0.1, 0.15) is 50.5 Å². The van der Waals surface area contributed by atoms with E-state index in [0.29, 0.717) is 17.4 Å². The molecule has 4 saturated carbocycles. The largest absolute Gasteiger partial charge is 0.396 e. The summed E-state index contributed by atoms with van der Waals surface area (Å²) < 4.78 is 0. The van der Waals surface area contributed by atoms with E-state index in [9.17, 15) is 5.11 Å². The Morgan fingerprint density at radius 2 is 1.68 bits per heavy atom. The lowest BCUT2D eigenvalue weighted by Crippen LogP contribution is -2.54. The van der Waals surface area contributed by atoms with E-state index in [0.717, 1.165) is 18.3 Å². The van der Waals surface area contributed by atoms with Crippen molar-refractivity contribution in [1.82, 2.24) is 0 Å². The molecular weight excluding hydrogens is 232 g/mol. The van der Waals surface area contributed by atoms with Gasteiger partial charge in [0.05, 0.1) is 0 Å². The van der Waals surface area contributed by atoms with Crippen LogP contribution in [0.2, 0.25) is 0 Å². The molecule has 4 aliphatic carbocycles. The van der Waals surface area contributed by atoms with Crippen LogP contribution in [0.3, 0.4) is 0 Å². The number of rotatable bonds is 3. The van der Waals surface area contributed by atoms with Crippen LogP contribution < -0.4 is 0 Å². The number of aliphatic hydroxyl groups excluding tert-OH is 1. The number of hydrogen-bond acceptors (Lipinski definition) is 1. The average molecular weight is 256 g/mol. The summed E-state index contributed by atoms with van der Waals surface area (Å²) in [7, 11) is 0. The first kappa shape index (κ1) is 12.0. The van der Waals surface area contributed by atoms with Crippen molar-refractivity contribution < 1.29 is 5.11 Å². The molecular formula is C18H24O. The van der Waals surface area contributed by atoms with E-state index in [1.165, 1.54) is 38.5 Å².